The summed E-state index contributed by atoms with van der Waals surface area (Å²) in [5.41, 5.74) is 2.06. The number of aryl methyl sites for hydroxylation is 2. The van der Waals surface area contributed by atoms with Crippen molar-refractivity contribution in [2.75, 3.05) is 0 Å². The molecule has 0 radical (unpaired) electrons. The SMILES string of the molecule is Cc1cc(Cl)[n+]([O-])cc1Br.Cc1cc(Cl)ncc1Br. The van der Waals surface area contributed by atoms with E-state index in [2.05, 4.69) is 36.8 Å². The fourth-order valence-corrected chi connectivity index (χ4v) is 2.02. The first-order chi connectivity index (χ1) is 8.81. The Labute approximate surface area is 138 Å². The van der Waals surface area contributed by atoms with Crippen LogP contribution in [0, 0.1) is 19.1 Å². The molecule has 0 aliphatic heterocycles. The number of hydrogen-bond acceptors (Lipinski definition) is 2. The van der Waals surface area contributed by atoms with E-state index in [1.807, 2.05) is 19.9 Å². The van der Waals surface area contributed by atoms with E-state index in [1.165, 1.54) is 6.20 Å². The minimum atomic E-state index is 0.195. The molecule has 102 valence electrons. The molecular weight excluding hydrogens is 419 g/mol. The summed E-state index contributed by atoms with van der Waals surface area (Å²) in [6.07, 6.45) is 3.08. The standard InChI is InChI=1S/C6H5BrClNO.C6H5BrClN/c1-4-2-6(8)9(10)3-5(4)7;1-4-2-6(8)9-3-5(4)7/h2-3H,1H3;2-3H,1H3. The van der Waals surface area contributed by atoms with Crippen molar-refractivity contribution >= 4 is 55.1 Å². The lowest BCUT2D eigenvalue weighted by atomic mass is 10.3. The van der Waals surface area contributed by atoms with Crippen LogP contribution in [0.15, 0.2) is 33.5 Å². The summed E-state index contributed by atoms with van der Waals surface area (Å²) in [5.74, 6) is 0. The molecular formula is C12H10Br2Cl2N2O. The molecule has 3 nitrogen and oxygen atoms in total. The van der Waals surface area contributed by atoms with Gasteiger partial charge in [-0.05, 0) is 74.5 Å². The van der Waals surface area contributed by atoms with Crippen LogP contribution in [-0.4, -0.2) is 4.98 Å². The van der Waals surface area contributed by atoms with Gasteiger partial charge in [-0.3, -0.25) is 0 Å². The molecule has 0 N–H and O–H groups in total. The van der Waals surface area contributed by atoms with Crippen molar-refractivity contribution in [1.29, 1.82) is 0 Å². The Hall–Kier alpha value is -0.360. The largest absolute Gasteiger partial charge is 0.618 e. The van der Waals surface area contributed by atoms with E-state index >= 15 is 0 Å². The first-order valence-electron chi connectivity index (χ1n) is 5.13. The summed E-state index contributed by atoms with van der Waals surface area (Å²) in [7, 11) is 0. The molecule has 0 amide bonds. The Morgan fingerprint density at radius 1 is 1.11 bits per heavy atom. The van der Waals surface area contributed by atoms with Crippen LogP contribution in [-0.2, 0) is 0 Å². The van der Waals surface area contributed by atoms with Gasteiger partial charge in [0.15, 0.2) is 6.20 Å². The van der Waals surface area contributed by atoms with Gasteiger partial charge in [-0.25, -0.2) is 4.98 Å². The molecule has 0 unspecified atom stereocenters. The molecule has 2 aromatic heterocycles. The van der Waals surface area contributed by atoms with Crippen LogP contribution in [0.2, 0.25) is 10.3 Å². The van der Waals surface area contributed by atoms with Crippen molar-refractivity contribution in [2.45, 2.75) is 13.8 Å². The van der Waals surface area contributed by atoms with Gasteiger partial charge >= 0.3 is 0 Å². The zero-order valence-corrected chi connectivity index (χ0v) is 14.8. The zero-order valence-electron chi connectivity index (χ0n) is 10.1. The molecule has 0 saturated carbocycles. The van der Waals surface area contributed by atoms with E-state index < -0.39 is 0 Å². The van der Waals surface area contributed by atoms with Crippen LogP contribution in [0.5, 0.6) is 0 Å². The third-order valence-corrected chi connectivity index (χ3v) is 4.31. The second-order valence-electron chi connectivity index (χ2n) is 3.71. The molecule has 2 aromatic rings. The lowest BCUT2D eigenvalue weighted by molar-refractivity contribution is -0.603. The Balaban J connectivity index is 0.000000191. The van der Waals surface area contributed by atoms with E-state index in [0.717, 1.165) is 20.1 Å². The van der Waals surface area contributed by atoms with Gasteiger partial charge in [0, 0.05) is 16.7 Å². The fourth-order valence-electron chi connectivity index (χ4n) is 1.08. The minimum absolute atomic E-state index is 0.195. The van der Waals surface area contributed by atoms with Crippen molar-refractivity contribution in [3.63, 3.8) is 0 Å². The van der Waals surface area contributed by atoms with Crippen molar-refractivity contribution in [3.05, 3.63) is 60.1 Å². The maximum atomic E-state index is 10.7. The zero-order chi connectivity index (χ0) is 14.6. The van der Waals surface area contributed by atoms with Gasteiger partial charge in [0.25, 0.3) is 5.15 Å². The Morgan fingerprint density at radius 2 is 1.68 bits per heavy atom. The normalized spacial score (nSPS) is 9.79. The minimum Gasteiger partial charge on any atom is -0.618 e. The molecule has 0 aromatic carbocycles. The molecule has 0 spiro atoms. The average molecular weight is 429 g/mol. The van der Waals surface area contributed by atoms with Crippen molar-refractivity contribution in [1.82, 2.24) is 4.98 Å². The molecule has 0 saturated heterocycles. The second-order valence-corrected chi connectivity index (χ2v) is 6.19. The fraction of sp³-hybridized carbons (Fsp3) is 0.167. The van der Waals surface area contributed by atoms with E-state index in [4.69, 9.17) is 23.2 Å². The summed E-state index contributed by atoms with van der Waals surface area (Å²) < 4.78 is 2.37. The van der Waals surface area contributed by atoms with E-state index in [-0.39, 0.29) is 5.15 Å². The number of hydrogen-bond donors (Lipinski definition) is 0. The van der Waals surface area contributed by atoms with E-state index in [1.54, 1.807) is 12.3 Å². The molecule has 0 aliphatic rings. The molecule has 7 heteroatoms. The van der Waals surface area contributed by atoms with Crippen molar-refractivity contribution in [3.8, 4) is 0 Å². The van der Waals surface area contributed by atoms with Crippen LogP contribution in [0.3, 0.4) is 0 Å². The molecule has 0 fully saturated rings. The van der Waals surface area contributed by atoms with Gasteiger partial charge in [0.2, 0.25) is 0 Å². The number of rotatable bonds is 0. The van der Waals surface area contributed by atoms with E-state index in [0.29, 0.717) is 9.88 Å². The van der Waals surface area contributed by atoms with Crippen LogP contribution >= 0.6 is 55.1 Å². The van der Waals surface area contributed by atoms with Crippen LogP contribution in [0.4, 0.5) is 0 Å². The first-order valence-corrected chi connectivity index (χ1v) is 7.48. The summed E-state index contributed by atoms with van der Waals surface area (Å²) >= 11 is 17.6. The topological polar surface area (TPSA) is 39.8 Å². The van der Waals surface area contributed by atoms with Crippen LogP contribution in [0.1, 0.15) is 11.1 Å². The Morgan fingerprint density at radius 3 is 2.16 bits per heavy atom. The van der Waals surface area contributed by atoms with Gasteiger partial charge < -0.3 is 5.21 Å². The van der Waals surface area contributed by atoms with E-state index in [9.17, 15) is 5.21 Å². The maximum absolute atomic E-state index is 10.7. The molecule has 0 aliphatic carbocycles. The smallest absolute Gasteiger partial charge is 0.286 e. The molecule has 0 atom stereocenters. The van der Waals surface area contributed by atoms with Crippen molar-refractivity contribution < 1.29 is 4.73 Å². The highest BCUT2D eigenvalue weighted by molar-refractivity contribution is 9.10. The predicted molar refractivity (Wildman–Crippen MR) is 84.5 cm³/mol. The number of halogens is 4. The second kappa shape index (κ2) is 7.43. The molecule has 0 bridgehead atoms. The quantitative estimate of drug-likeness (QED) is 0.342. The number of nitrogens with zero attached hydrogens (tertiary/aromatic N) is 2. The Kier molecular flexibility index (Phi) is 6.53. The highest BCUT2D eigenvalue weighted by atomic mass is 79.9. The number of aromatic nitrogens is 2. The summed E-state index contributed by atoms with van der Waals surface area (Å²) in [4.78, 5) is 3.86. The molecule has 2 heterocycles. The Bertz CT molecular complexity index is 544. The van der Waals surface area contributed by atoms with Crippen LogP contribution in [0.25, 0.3) is 0 Å². The van der Waals surface area contributed by atoms with Gasteiger partial charge in [-0.2, -0.15) is 4.73 Å². The summed E-state index contributed by atoms with van der Waals surface area (Å²) in [6, 6.07) is 3.42. The van der Waals surface area contributed by atoms with Gasteiger partial charge in [0.05, 0.1) is 4.47 Å². The van der Waals surface area contributed by atoms with Gasteiger partial charge in [0.1, 0.15) is 5.15 Å². The third kappa shape index (κ3) is 5.26. The van der Waals surface area contributed by atoms with Crippen molar-refractivity contribution in [2.24, 2.45) is 0 Å². The maximum Gasteiger partial charge on any atom is 0.286 e. The molecule has 2 rings (SSSR count). The van der Waals surface area contributed by atoms with Gasteiger partial charge in [-0.15, -0.1) is 0 Å². The van der Waals surface area contributed by atoms with Crippen LogP contribution < -0.4 is 4.73 Å². The highest BCUT2D eigenvalue weighted by Gasteiger charge is 2.04. The van der Waals surface area contributed by atoms with Gasteiger partial charge in [-0.1, -0.05) is 11.6 Å². The molecule has 19 heavy (non-hydrogen) atoms. The summed E-state index contributed by atoms with van der Waals surface area (Å²) in [5, 5.41) is 11.5. The number of pyridine rings is 2. The highest BCUT2D eigenvalue weighted by Crippen LogP contribution is 2.17. The first kappa shape index (κ1) is 16.7. The summed E-state index contributed by atoms with van der Waals surface area (Å²) in [6.45, 7) is 3.84. The monoisotopic (exact) mass is 426 g/mol. The lowest BCUT2D eigenvalue weighted by Crippen LogP contribution is -2.26. The lowest BCUT2D eigenvalue weighted by Gasteiger charge is -2.00. The third-order valence-electron chi connectivity index (χ3n) is 2.17. The average Bonchev–Trinajstić information content (AvgIpc) is 2.33. The predicted octanol–water partition coefficient (Wildman–Crippen LogP) is 4.85.